The Morgan fingerprint density at radius 1 is 1.16 bits per heavy atom. The first kappa shape index (κ1) is 18.4. The second kappa shape index (κ2) is 8.78. The van der Waals surface area contributed by atoms with Gasteiger partial charge >= 0.3 is 5.97 Å². The van der Waals surface area contributed by atoms with Gasteiger partial charge in [-0.25, -0.2) is 4.39 Å². The molecular formula is C16H13FN2O5S. The Labute approximate surface area is 146 Å². The molecule has 2 rings (SSSR count). The number of hydrogen-bond donors (Lipinski definition) is 1. The molecule has 2 aromatic carbocycles. The molecule has 0 aliphatic rings. The van der Waals surface area contributed by atoms with Gasteiger partial charge in [0.05, 0.1) is 10.7 Å². The van der Waals surface area contributed by atoms with Crippen LogP contribution in [-0.4, -0.2) is 29.2 Å². The molecule has 0 saturated heterocycles. The molecule has 0 saturated carbocycles. The zero-order chi connectivity index (χ0) is 18.2. The Balaban J connectivity index is 1.74. The summed E-state index contributed by atoms with van der Waals surface area (Å²) in [6.07, 6.45) is 0. The molecule has 0 aliphatic carbocycles. The van der Waals surface area contributed by atoms with Gasteiger partial charge in [-0.3, -0.25) is 19.7 Å². The fourth-order valence-electron chi connectivity index (χ4n) is 1.75. The van der Waals surface area contributed by atoms with Crippen LogP contribution in [0.25, 0.3) is 0 Å². The Kier molecular flexibility index (Phi) is 6.47. The highest BCUT2D eigenvalue weighted by molar-refractivity contribution is 8.00. The highest BCUT2D eigenvalue weighted by Crippen LogP contribution is 2.21. The van der Waals surface area contributed by atoms with Gasteiger partial charge < -0.3 is 10.1 Å². The number of esters is 1. The summed E-state index contributed by atoms with van der Waals surface area (Å²) in [6.45, 7) is -0.506. The molecule has 1 N–H and O–H groups in total. The lowest BCUT2D eigenvalue weighted by Crippen LogP contribution is -2.21. The maximum Gasteiger partial charge on any atom is 0.316 e. The molecule has 1 amide bonds. The second-order valence-electron chi connectivity index (χ2n) is 4.73. The SMILES string of the molecule is O=C(COC(=O)CSc1ccccc1F)Nc1ccc([N+](=O)[O-])cc1. The minimum atomic E-state index is -0.660. The third kappa shape index (κ3) is 5.88. The number of non-ortho nitro benzene ring substituents is 1. The fourth-order valence-corrected chi connectivity index (χ4v) is 2.49. The van der Waals surface area contributed by atoms with Gasteiger partial charge in [0.15, 0.2) is 6.61 Å². The van der Waals surface area contributed by atoms with Gasteiger partial charge in [-0.15, -0.1) is 11.8 Å². The van der Waals surface area contributed by atoms with Crippen molar-refractivity contribution in [2.75, 3.05) is 17.7 Å². The van der Waals surface area contributed by atoms with Crippen LogP contribution in [0, 0.1) is 15.9 Å². The number of rotatable bonds is 7. The first-order chi connectivity index (χ1) is 12.0. The molecule has 0 aliphatic heterocycles. The van der Waals surface area contributed by atoms with Crippen LogP contribution >= 0.6 is 11.8 Å². The first-order valence-electron chi connectivity index (χ1n) is 7.03. The van der Waals surface area contributed by atoms with Crippen molar-refractivity contribution in [2.24, 2.45) is 0 Å². The van der Waals surface area contributed by atoms with Crippen molar-refractivity contribution in [1.82, 2.24) is 0 Å². The summed E-state index contributed by atoms with van der Waals surface area (Å²) >= 11 is 0.970. The van der Waals surface area contributed by atoms with E-state index in [1.165, 1.54) is 36.4 Å². The third-order valence-corrected chi connectivity index (χ3v) is 3.93. The van der Waals surface area contributed by atoms with Gasteiger partial charge in [0.25, 0.3) is 11.6 Å². The number of amides is 1. The van der Waals surface area contributed by atoms with Crippen LogP contribution in [0.2, 0.25) is 0 Å². The molecule has 0 atom stereocenters. The van der Waals surface area contributed by atoms with Gasteiger partial charge in [-0.1, -0.05) is 12.1 Å². The van der Waals surface area contributed by atoms with Gasteiger partial charge in [-0.05, 0) is 24.3 Å². The average molecular weight is 364 g/mol. The van der Waals surface area contributed by atoms with Crippen LogP contribution in [0.5, 0.6) is 0 Å². The van der Waals surface area contributed by atoms with Crippen LogP contribution in [0.1, 0.15) is 0 Å². The van der Waals surface area contributed by atoms with Gasteiger partial charge in [0.1, 0.15) is 5.82 Å². The van der Waals surface area contributed by atoms with Crippen molar-refractivity contribution in [3.05, 3.63) is 64.5 Å². The third-order valence-electron chi connectivity index (χ3n) is 2.91. The van der Waals surface area contributed by atoms with Crippen molar-refractivity contribution in [3.63, 3.8) is 0 Å². The highest BCUT2D eigenvalue weighted by atomic mass is 32.2. The number of thioether (sulfide) groups is 1. The molecule has 7 nitrogen and oxygen atoms in total. The number of hydrogen-bond acceptors (Lipinski definition) is 6. The van der Waals surface area contributed by atoms with Crippen LogP contribution < -0.4 is 5.32 Å². The van der Waals surface area contributed by atoms with E-state index in [1.807, 2.05) is 0 Å². The number of ether oxygens (including phenoxy) is 1. The van der Waals surface area contributed by atoms with Gasteiger partial charge in [0, 0.05) is 22.7 Å². The minimum absolute atomic E-state index is 0.102. The van der Waals surface area contributed by atoms with Crippen LogP contribution in [0.3, 0.4) is 0 Å². The largest absolute Gasteiger partial charge is 0.455 e. The number of halogens is 1. The van der Waals surface area contributed by atoms with E-state index in [2.05, 4.69) is 5.32 Å². The van der Waals surface area contributed by atoms with Crippen molar-refractivity contribution in [2.45, 2.75) is 4.90 Å². The van der Waals surface area contributed by atoms with E-state index < -0.39 is 29.2 Å². The molecule has 25 heavy (non-hydrogen) atoms. The van der Waals surface area contributed by atoms with E-state index in [0.29, 0.717) is 10.6 Å². The molecule has 130 valence electrons. The number of benzene rings is 2. The van der Waals surface area contributed by atoms with E-state index in [9.17, 15) is 24.1 Å². The Morgan fingerprint density at radius 2 is 1.84 bits per heavy atom. The number of carbonyl (C=O) groups excluding carboxylic acids is 2. The number of nitrogens with zero attached hydrogens (tertiary/aromatic N) is 1. The van der Waals surface area contributed by atoms with E-state index in [4.69, 9.17) is 4.74 Å². The number of nitrogens with one attached hydrogen (secondary N) is 1. The van der Waals surface area contributed by atoms with E-state index in [1.54, 1.807) is 12.1 Å². The Bertz CT molecular complexity index is 782. The van der Waals surface area contributed by atoms with Crippen LogP contribution in [-0.2, 0) is 14.3 Å². The van der Waals surface area contributed by atoms with Crippen molar-refractivity contribution < 1.29 is 23.6 Å². The van der Waals surface area contributed by atoms with Gasteiger partial charge in [-0.2, -0.15) is 0 Å². The zero-order valence-corrected chi connectivity index (χ0v) is 13.6. The molecule has 2 aromatic rings. The molecule has 0 spiro atoms. The van der Waals surface area contributed by atoms with Crippen molar-refractivity contribution >= 4 is 35.0 Å². The quantitative estimate of drug-likeness (QED) is 0.351. The highest BCUT2D eigenvalue weighted by Gasteiger charge is 2.11. The van der Waals surface area contributed by atoms with Crippen molar-refractivity contribution in [3.8, 4) is 0 Å². The molecule has 0 heterocycles. The van der Waals surface area contributed by atoms with E-state index in [0.717, 1.165) is 11.8 Å². The normalized spacial score (nSPS) is 10.1. The minimum Gasteiger partial charge on any atom is -0.455 e. The van der Waals surface area contributed by atoms with E-state index in [-0.39, 0.29) is 11.4 Å². The summed E-state index contributed by atoms with van der Waals surface area (Å²) in [5.41, 5.74) is 0.238. The lowest BCUT2D eigenvalue weighted by atomic mass is 10.3. The number of nitro groups is 1. The van der Waals surface area contributed by atoms with Crippen molar-refractivity contribution in [1.29, 1.82) is 0 Å². The lowest BCUT2D eigenvalue weighted by Gasteiger charge is -2.07. The second-order valence-corrected chi connectivity index (χ2v) is 5.75. The van der Waals surface area contributed by atoms with Gasteiger partial charge in [0.2, 0.25) is 0 Å². The zero-order valence-electron chi connectivity index (χ0n) is 12.8. The van der Waals surface area contributed by atoms with E-state index >= 15 is 0 Å². The molecular weight excluding hydrogens is 351 g/mol. The first-order valence-corrected chi connectivity index (χ1v) is 8.01. The summed E-state index contributed by atoms with van der Waals surface area (Å²) in [7, 11) is 0. The Morgan fingerprint density at radius 3 is 2.48 bits per heavy atom. The number of nitro benzene ring substituents is 1. The Hall–Kier alpha value is -2.94. The molecule has 9 heteroatoms. The lowest BCUT2D eigenvalue weighted by molar-refractivity contribution is -0.384. The molecule has 0 aromatic heterocycles. The molecule has 0 bridgehead atoms. The average Bonchev–Trinajstić information content (AvgIpc) is 2.59. The standard InChI is InChI=1S/C16H13FN2O5S/c17-13-3-1-2-4-14(13)25-10-16(21)24-9-15(20)18-11-5-7-12(8-6-11)19(22)23/h1-8H,9-10H2,(H,18,20). The summed E-state index contributed by atoms with van der Waals surface area (Å²) in [5, 5.41) is 13.0. The smallest absolute Gasteiger partial charge is 0.316 e. The summed E-state index contributed by atoms with van der Waals surface area (Å²) < 4.78 is 18.2. The molecule has 0 radical (unpaired) electrons. The topological polar surface area (TPSA) is 98.5 Å². The summed E-state index contributed by atoms with van der Waals surface area (Å²) in [4.78, 5) is 33.6. The monoisotopic (exact) mass is 364 g/mol. The predicted molar refractivity (Wildman–Crippen MR) is 89.8 cm³/mol. The number of anilines is 1. The predicted octanol–water partition coefficient (Wildman–Crippen LogP) is 3.01. The fraction of sp³-hybridized carbons (Fsp3) is 0.125. The summed E-state index contributed by atoms with van der Waals surface area (Å²) in [6, 6.07) is 11.2. The maximum atomic E-state index is 13.4. The van der Waals surface area contributed by atoms with Crippen LogP contribution in [0.4, 0.5) is 15.8 Å². The van der Waals surface area contributed by atoms with Crippen LogP contribution in [0.15, 0.2) is 53.4 Å². The molecule has 0 unspecified atom stereocenters. The molecule has 0 fully saturated rings. The maximum absolute atomic E-state index is 13.4. The number of carbonyl (C=O) groups is 2. The summed E-state index contributed by atoms with van der Waals surface area (Å²) in [5.74, 6) is -1.81.